The van der Waals surface area contributed by atoms with Crippen LogP contribution in [0.15, 0.2) is 0 Å². The van der Waals surface area contributed by atoms with E-state index < -0.39 is 43.4 Å². The van der Waals surface area contributed by atoms with Gasteiger partial charge in [0.05, 0.1) is 25.4 Å². The summed E-state index contributed by atoms with van der Waals surface area (Å²) in [6, 6.07) is 0. The van der Waals surface area contributed by atoms with Crippen LogP contribution in [0.4, 0.5) is 0 Å². The standard InChI is InChI=1S/C19H36O8/c1-10-6-12(7-19(2,3)13(10)5-4-11(22)8-20)26-18-17(25)16(24)15(23)14(9-21)27-18/h10-18,20-25H,4-9H2,1-3H3/t10-,11+,12+,13+,14-,15-,16+,17-,18-/m1/s1. The van der Waals surface area contributed by atoms with Crippen molar-refractivity contribution >= 4 is 0 Å². The first-order valence-corrected chi connectivity index (χ1v) is 9.85. The molecule has 6 N–H and O–H groups in total. The topological polar surface area (TPSA) is 140 Å². The van der Waals surface area contributed by atoms with E-state index in [2.05, 4.69) is 20.8 Å². The van der Waals surface area contributed by atoms with Crippen LogP contribution in [-0.4, -0.2) is 86.8 Å². The predicted molar refractivity (Wildman–Crippen MR) is 96.6 cm³/mol. The molecule has 1 aliphatic carbocycles. The van der Waals surface area contributed by atoms with Crippen molar-refractivity contribution < 1.29 is 40.1 Å². The summed E-state index contributed by atoms with van der Waals surface area (Å²) in [5.74, 6) is 0.655. The van der Waals surface area contributed by atoms with Crippen LogP contribution in [0.5, 0.6) is 0 Å². The van der Waals surface area contributed by atoms with Crippen LogP contribution < -0.4 is 0 Å². The summed E-state index contributed by atoms with van der Waals surface area (Å²) < 4.78 is 11.4. The van der Waals surface area contributed by atoms with Gasteiger partial charge in [0.25, 0.3) is 0 Å². The summed E-state index contributed by atoms with van der Waals surface area (Å²) in [5.41, 5.74) is -0.0777. The van der Waals surface area contributed by atoms with Gasteiger partial charge in [-0.1, -0.05) is 20.8 Å². The maximum absolute atomic E-state index is 10.2. The van der Waals surface area contributed by atoms with Crippen molar-refractivity contribution in [3.63, 3.8) is 0 Å². The van der Waals surface area contributed by atoms with E-state index in [4.69, 9.17) is 14.6 Å². The number of ether oxygens (including phenoxy) is 2. The van der Waals surface area contributed by atoms with Crippen LogP contribution in [0.25, 0.3) is 0 Å². The van der Waals surface area contributed by atoms with Crippen molar-refractivity contribution in [1.29, 1.82) is 0 Å². The first-order chi connectivity index (χ1) is 12.6. The molecule has 8 nitrogen and oxygen atoms in total. The molecule has 0 amide bonds. The van der Waals surface area contributed by atoms with Gasteiger partial charge in [-0.05, 0) is 42.9 Å². The summed E-state index contributed by atoms with van der Waals surface area (Å²) in [5, 5.41) is 58.0. The average molecular weight is 392 g/mol. The second kappa shape index (κ2) is 9.45. The Morgan fingerprint density at radius 3 is 2.33 bits per heavy atom. The molecule has 1 aliphatic heterocycles. The molecular formula is C19H36O8. The van der Waals surface area contributed by atoms with E-state index in [9.17, 15) is 25.5 Å². The Balaban J connectivity index is 1.99. The fraction of sp³-hybridized carbons (Fsp3) is 1.00. The molecule has 8 heteroatoms. The largest absolute Gasteiger partial charge is 0.394 e. The molecule has 0 spiro atoms. The van der Waals surface area contributed by atoms with Crippen LogP contribution in [-0.2, 0) is 9.47 Å². The molecule has 2 aliphatic rings. The van der Waals surface area contributed by atoms with E-state index in [-0.39, 0.29) is 18.1 Å². The molecule has 0 unspecified atom stereocenters. The molecule has 9 atom stereocenters. The third-order valence-electron chi connectivity index (χ3n) is 6.28. The van der Waals surface area contributed by atoms with Gasteiger partial charge in [-0.3, -0.25) is 0 Å². The Morgan fingerprint density at radius 2 is 1.78 bits per heavy atom. The molecule has 0 radical (unpaired) electrons. The zero-order chi connectivity index (χ0) is 20.4. The smallest absolute Gasteiger partial charge is 0.186 e. The van der Waals surface area contributed by atoms with Crippen molar-refractivity contribution in [3.8, 4) is 0 Å². The summed E-state index contributed by atoms with van der Waals surface area (Å²) in [6.45, 7) is 5.70. The lowest BCUT2D eigenvalue weighted by Crippen LogP contribution is -2.60. The van der Waals surface area contributed by atoms with Gasteiger partial charge in [-0.25, -0.2) is 0 Å². The van der Waals surface area contributed by atoms with Gasteiger partial charge in [0.15, 0.2) is 6.29 Å². The van der Waals surface area contributed by atoms with Crippen molar-refractivity contribution in [3.05, 3.63) is 0 Å². The number of aliphatic hydroxyl groups excluding tert-OH is 6. The lowest BCUT2D eigenvalue weighted by atomic mass is 9.61. The maximum Gasteiger partial charge on any atom is 0.186 e. The molecule has 27 heavy (non-hydrogen) atoms. The Kier molecular flexibility index (Phi) is 8.04. The van der Waals surface area contributed by atoms with Crippen LogP contribution >= 0.6 is 0 Å². The van der Waals surface area contributed by atoms with Gasteiger partial charge in [0, 0.05) is 0 Å². The Hall–Kier alpha value is -0.320. The molecule has 1 saturated carbocycles. The van der Waals surface area contributed by atoms with Gasteiger partial charge in [0.1, 0.15) is 24.4 Å². The average Bonchev–Trinajstić information content (AvgIpc) is 2.60. The van der Waals surface area contributed by atoms with Gasteiger partial charge in [0.2, 0.25) is 0 Å². The third kappa shape index (κ3) is 5.39. The normalized spacial score (nSPS) is 43.4. The zero-order valence-electron chi connectivity index (χ0n) is 16.4. The number of aliphatic hydroxyl groups is 6. The maximum atomic E-state index is 10.2. The van der Waals surface area contributed by atoms with E-state index in [1.54, 1.807) is 0 Å². The Labute approximate surface area is 160 Å². The van der Waals surface area contributed by atoms with Gasteiger partial charge >= 0.3 is 0 Å². The van der Waals surface area contributed by atoms with Crippen LogP contribution in [0.1, 0.15) is 46.5 Å². The van der Waals surface area contributed by atoms with E-state index in [0.29, 0.717) is 24.7 Å². The van der Waals surface area contributed by atoms with Gasteiger partial charge in [-0.15, -0.1) is 0 Å². The third-order valence-corrected chi connectivity index (χ3v) is 6.28. The monoisotopic (exact) mass is 392 g/mol. The summed E-state index contributed by atoms with van der Waals surface area (Å²) in [7, 11) is 0. The van der Waals surface area contributed by atoms with E-state index in [0.717, 1.165) is 12.8 Å². The van der Waals surface area contributed by atoms with Crippen LogP contribution in [0, 0.1) is 17.3 Å². The molecule has 0 bridgehead atoms. The number of rotatable bonds is 7. The first kappa shape index (κ1) is 23.0. The van der Waals surface area contributed by atoms with Crippen molar-refractivity contribution in [2.45, 2.75) is 89.4 Å². The molecule has 0 aromatic carbocycles. The molecule has 0 aromatic rings. The number of hydrogen-bond donors (Lipinski definition) is 6. The highest BCUT2D eigenvalue weighted by atomic mass is 16.7. The number of hydrogen-bond acceptors (Lipinski definition) is 8. The van der Waals surface area contributed by atoms with Gasteiger partial charge in [-0.2, -0.15) is 0 Å². The molecule has 0 aromatic heterocycles. The van der Waals surface area contributed by atoms with E-state index >= 15 is 0 Å². The van der Waals surface area contributed by atoms with Crippen molar-refractivity contribution in [2.24, 2.45) is 17.3 Å². The molecule has 1 saturated heterocycles. The molecule has 2 rings (SSSR count). The van der Waals surface area contributed by atoms with E-state index in [1.807, 2.05) is 0 Å². The minimum atomic E-state index is -1.44. The highest BCUT2D eigenvalue weighted by Crippen LogP contribution is 2.47. The Bertz CT molecular complexity index is 457. The molecular weight excluding hydrogens is 356 g/mol. The fourth-order valence-electron chi connectivity index (χ4n) is 4.78. The summed E-state index contributed by atoms with van der Waals surface area (Å²) in [4.78, 5) is 0. The quantitative estimate of drug-likeness (QED) is 0.337. The minimum absolute atomic E-state index is 0.0777. The first-order valence-electron chi connectivity index (χ1n) is 9.85. The predicted octanol–water partition coefficient (Wildman–Crippen LogP) is -0.623. The Morgan fingerprint density at radius 1 is 1.11 bits per heavy atom. The lowest BCUT2D eigenvalue weighted by Gasteiger charge is -2.48. The summed E-state index contributed by atoms with van der Waals surface area (Å²) >= 11 is 0. The minimum Gasteiger partial charge on any atom is -0.394 e. The molecule has 160 valence electrons. The molecule has 1 heterocycles. The SMILES string of the molecule is C[C@@H]1C[C@H](O[C@@H]2O[C@H](CO)[C@@H](O)[C@H](O)[C@H]2O)CC(C)(C)[C@H]1CC[C@H](O)CO. The highest BCUT2D eigenvalue weighted by molar-refractivity contribution is 4.93. The molecule has 2 fully saturated rings. The fourth-order valence-corrected chi connectivity index (χ4v) is 4.78. The summed E-state index contributed by atoms with van der Waals surface area (Å²) in [6.07, 6.45) is -4.40. The van der Waals surface area contributed by atoms with Crippen molar-refractivity contribution in [2.75, 3.05) is 13.2 Å². The lowest BCUT2D eigenvalue weighted by molar-refractivity contribution is -0.316. The highest BCUT2D eigenvalue weighted by Gasteiger charge is 2.47. The van der Waals surface area contributed by atoms with E-state index in [1.165, 1.54) is 0 Å². The van der Waals surface area contributed by atoms with Crippen LogP contribution in [0.3, 0.4) is 0 Å². The van der Waals surface area contributed by atoms with Crippen molar-refractivity contribution in [1.82, 2.24) is 0 Å². The zero-order valence-corrected chi connectivity index (χ0v) is 16.4. The second-order valence-electron chi connectivity index (χ2n) is 8.88. The van der Waals surface area contributed by atoms with Gasteiger partial charge < -0.3 is 40.1 Å². The second-order valence-corrected chi connectivity index (χ2v) is 8.88. The van der Waals surface area contributed by atoms with Crippen LogP contribution in [0.2, 0.25) is 0 Å².